The number of nitrogens with zero attached hydrogens (tertiary/aromatic N) is 2. The Bertz CT molecular complexity index is 924. The molecule has 0 bridgehead atoms. The van der Waals surface area contributed by atoms with E-state index in [0.29, 0.717) is 13.0 Å². The number of ether oxygens (including phenoxy) is 1. The summed E-state index contributed by atoms with van der Waals surface area (Å²) in [6.07, 6.45) is 7.90. The number of piperidine rings is 1. The highest BCUT2D eigenvalue weighted by Gasteiger charge is 2.36. The summed E-state index contributed by atoms with van der Waals surface area (Å²) in [5.74, 6) is 1.01. The van der Waals surface area contributed by atoms with E-state index in [1.54, 1.807) is 12.1 Å². The molecule has 1 spiro atoms. The van der Waals surface area contributed by atoms with Crippen molar-refractivity contribution in [2.24, 2.45) is 5.41 Å². The monoisotopic (exact) mass is 452 g/mol. The van der Waals surface area contributed by atoms with Crippen molar-refractivity contribution in [1.29, 1.82) is 0 Å². The molecule has 1 fully saturated rings. The van der Waals surface area contributed by atoms with Gasteiger partial charge in [-0.1, -0.05) is 36.8 Å². The van der Waals surface area contributed by atoms with Crippen LogP contribution in [0.3, 0.4) is 0 Å². The molecule has 5 heteroatoms. The van der Waals surface area contributed by atoms with Gasteiger partial charge >= 0.3 is 0 Å². The molecule has 33 heavy (non-hydrogen) atoms. The SMILES string of the molecule is CN1CC2(CCCCc3ccccc3OCCCC1=O)CCN(Cc1cccc(F)c1)CC2. The molecule has 1 amide bonds. The highest BCUT2D eigenvalue weighted by Crippen LogP contribution is 2.38. The predicted octanol–water partition coefficient (Wildman–Crippen LogP) is 5.45. The maximum Gasteiger partial charge on any atom is 0.222 e. The number of aryl methyl sites for hydroxylation is 1. The summed E-state index contributed by atoms with van der Waals surface area (Å²) >= 11 is 0. The van der Waals surface area contributed by atoms with Crippen LogP contribution >= 0.6 is 0 Å². The van der Waals surface area contributed by atoms with Crippen LogP contribution in [-0.2, 0) is 17.8 Å². The van der Waals surface area contributed by atoms with Gasteiger partial charge in [-0.25, -0.2) is 4.39 Å². The van der Waals surface area contributed by atoms with Crippen LogP contribution in [0.15, 0.2) is 48.5 Å². The predicted molar refractivity (Wildman–Crippen MR) is 130 cm³/mol. The second kappa shape index (κ2) is 11.1. The van der Waals surface area contributed by atoms with Crippen LogP contribution < -0.4 is 4.74 Å². The van der Waals surface area contributed by atoms with E-state index in [1.807, 2.05) is 30.1 Å². The highest BCUT2D eigenvalue weighted by molar-refractivity contribution is 5.75. The minimum absolute atomic E-state index is 0.167. The summed E-state index contributed by atoms with van der Waals surface area (Å²) < 4.78 is 19.6. The first-order valence-electron chi connectivity index (χ1n) is 12.4. The Kier molecular flexibility index (Phi) is 8.02. The minimum Gasteiger partial charge on any atom is -0.493 e. The fourth-order valence-electron chi connectivity index (χ4n) is 5.42. The largest absolute Gasteiger partial charge is 0.493 e. The molecular weight excluding hydrogens is 415 g/mol. The van der Waals surface area contributed by atoms with Crippen molar-refractivity contribution in [1.82, 2.24) is 9.80 Å². The third-order valence-corrected chi connectivity index (χ3v) is 7.38. The molecular formula is C28H37FN2O2. The van der Waals surface area contributed by atoms with E-state index in [-0.39, 0.29) is 17.1 Å². The Morgan fingerprint density at radius 1 is 0.970 bits per heavy atom. The van der Waals surface area contributed by atoms with E-state index < -0.39 is 0 Å². The molecule has 2 aliphatic heterocycles. The topological polar surface area (TPSA) is 32.8 Å². The summed E-state index contributed by atoms with van der Waals surface area (Å²) in [6, 6.07) is 15.3. The lowest BCUT2D eigenvalue weighted by molar-refractivity contribution is -0.132. The fourth-order valence-corrected chi connectivity index (χ4v) is 5.42. The second-order valence-corrected chi connectivity index (χ2v) is 9.92. The second-order valence-electron chi connectivity index (χ2n) is 9.92. The summed E-state index contributed by atoms with van der Waals surface area (Å²) in [6.45, 7) is 4.19. The molecule has 0 radical (unpaired) electrons. The van der Waals surface area contributed by atoms with E-state index in [9.17, 15) is 9.18 Å². The molecule has 0 unspecified atom stereocenters. The van der Waals surface area contributed by atoms with Gasteiger partial charge in [0.1, 0.15) is 11.6 Å². The van der Waals surface area contributed by atoms with Crippen LogP contribution in [0.2, 0.25) is 0 Å². The lowest BCUT2D eigenvalue weighted by atomic mass is 9.73. The van der Waals surface area contributed by atoms with Gasteiger partial charge in [-0.05, 0) is 86.4 Å². The number of hydrogen-bond acceptors (Lipinski definition) is 3. The normalized spacial score (nSPS) is 20.7. The van der Waals surface area contributed by atoms with Crippen LogP contribution in [0.5, 0.6) is 5.75 Å². The maximum absolute atomic E-state index is 13.6. The first-order chi connectivity index (χ1) is 16.0. The quantitative estimate of drug-likeness (QED) is 0.607. The number of benzene rings is 2. The van der Waals surface area contributed by atoms with Crippen LogP contribution in [-0.4, -0.2) is 49.0 Å². The van der Waals surface area contributed by atoms with E-state index in [1.165, 1.54) is 11.6 Å². The third-order valence-electron chi connectivity index (χ3n) is 7.38. The Morgan fingerprint density at radius 3 is 2.61 bits per heavy atom. The Balaban J connectivity index is 1.41. The third kappa shape index (κ3) is 6.57. The molecule has 0 aromatic heterocycles. The molecule has 178 valence electrons. The van der Waals surface area contributed by atoms with Gasteiger partial charge in [0.15, 0.2) is 0 Å². The molecule has 0 atom stereocenters. The van der Waals surface area contributed by atoms with Gasteiger partial charge in [0.05, 0.1) is 6.61 Å². The molecule has 0 saturated carbocycles. The number of fused-ring (bicyclic) bond motifs is 1. The number of carbonyl (C=O) groups excluding carboxylic acids is 1. The average Bonchev–Trinajstić information content (AvgIpc) is 2.81. The van der Waals surface area contributed by atoms with Crippen molar-refractivity contribution in [2.45, 2.75) is 57.9 Å². The smallest absolute Gasteiger partial charge is 0.222 e. The van der Waals surface area contributed by atoms with Gasteiger partial charge in [0, 0.05) is 26.6 Å². The standard InChI is InChI=1S/C28H37FN2O2/c1-30-22-28(15-17-31(18-16-28)21-23-8-6-11-25(29)20-23)14-5-4-10-24-9-2-3-12-26(24)33-19-7-13-27(30)32/h2-3,6,8-9,11-12,20H,4-5,7,10,13-19,21-22H2,1H3. The molecule has 2 heterocycles. The number of likely N-dealkylation sites (tertiary alicyclic amines) is 1. The molecule has 2 aromatic rings. The highest BCUT2D eigenvalue weighted by atomic mass is 19.1. The van der Waals surface area contributed by atoms with Gasteiger partial charge in [0.2, 0.25) is 5.91 Å². The molecule has 0 aliphatic carbocycles. The van der Waals surface area contributed by atoms with Crippen LogP contribution in [0.4, 0.5) is 4.39 Å². The molecule has 1 saturated heterocycles. The zero-order valence-corrected chi connectivity index (χ0v) is 19.9. The maximum atomic E-state index is 13.6. The van der Waals surface area contributed by atoms with Crippen molar-refractivity contribution in [2.75, 3.05) is 33.3 Å². The van der Waals surface area contributed by atoms with E-state index in [4.69, 9.17) is 4.74 Å². The Labute approximate surface area is 197 Å². The van der Waals surface area contributed by atoms with E-state index >= 15 is 0 Å². The fraction of sp³-hybridized carbons (Fsp3) is 0.536. The zero-order valence-electron chi connectivity index (χ0n) is 19.9. The van der Waals surface area contributed by atoms with Gasteiger partial charge in [0.25, 0.3) is 0 Å². The van der Waals surface area contributed by atoms with Crippen molar-refractivity contribution in [3.8, 4) is 5.75 Å². The first-order valence-corrected chi connectivity index (χ1v) is 12.4. The lowest BCUT2D eigenvalue weighted by Crippen LogP contribution is -2.46. The van der Waals surface area contributed by atoms with Crippen LogP contribution in [0.25, 0.3) is 0 Å². The molecule has 4 rings (SSSR count). The van der Waals surface area contributed by atoms with Crippen LogP contribution in [0, 0.1) is 11.2 Å². The summed E-state index contributed by atoms with van der Waals surface area (Å²) in [5, 5.41) is 0. The van der Waals surface area contributed by atoms with Crippen molar-refractivity contribution < 1.29 is 13.9 Å². The summed E-state index contributed by atoms with van der Waals surface area (Å²) in [4.78, 5) is 17.2. The van der Waals surface area contributed by atoms with E-state index in [0.717, 1.165) is 82.4 Å². The molecule has 2 aliphatic rings. The molecule has 0 N–H and O–H groups in total. The van der Waals surface area contributed by atoms with Crippen LogP contribution in [0.1, 0.15) is 56.1 Å². The number of halogens is 1. The number of amides is 1. The summed E-state index contributed by atoms with van der Waals surface area (Å²) in [7, 11) is 1.96. The Morgan fingerprint density at radius 2 is 1.79 bits per heavy atom. The van der Waals surface area contributed by atoms with Crippen molar-refractivity contribution in [3.63, 3.8) is 0 Å². The van der Waals surface area contributed by atoms with E-state index in [2.05, 4.69) is 17.0 Å². The van der Waals surface area contributed by atoms with Crippen molar-refractivity contribution >= 4 is 5.91 Å². The van der Waals surface area contributed by atoms with Gasteiger partial charge in [-0.3, -0.25) is 9.69 Å². The summed E-state index contributed by atoms with van der Waals surface area (Å²) in [5.41, 5.74) is 2.48. The Hall–Kier alpha value is -2.40. The van der Waals surface area contributed by atoms with Crippen molar-refractivity contribution in [3.05, 3.63) is 65.5 Å². The first kappa shape index (κ1) is 23.7. The molecule has 4 nitrogen and oxygen atoms in total. The number of carbonyl (C=O) groups is 1. The number of para-hydroxylation sites is 1. The average molecular weight is 453 g/mol. The van der Waals surface area contributed by atoms with Gasteiger partial charge in [-0.15, -0.1) is 0 Å². The lowest BCUT2D eigenvalue weighted by Gasteiger charge is -2.44. The number of rotatable bonds is 2. The van der Waals surface area contributed by atoms with Gasteiger partial charge in [-0.2, -0.15) is 0 Å². The zero-order chi connectivity index (χ0) is 23.1. The minimum atomic E-state index is -0.167. The number of hydrogen-bond donors (Lipinski definition) is 0. The molecule has 2 aromatic carbocycles. The van der Waals surface area contributed by atoms with Gasteiger partial charge < -0.3 is 9.64 Å².